The number of aromatic nitrogens is 1. The summed E-state index contributed by atoms with van der Waals surface area (Å²) in [5, 5.41) is 2.95. The van der Waals surface area contributed by atoms with Crippen molar-refractivity contribution in [1.82, 2.24) is 15.2 Å². The molecule has 128 valence electrons. The van der Waals surface area contributed by atoms with Crippen LogP contribution in [-0.4, -0.2) is 50.7 Å². The van der Waals surface area contributed by atoms with E-state index in [-0.39, 0.29) is 11.9 Å². The van der Waals surface area contributed by atoms with Gasteiger partial charge in [-0.05, 0) is 43.9 Å². The van der Waals surface area contributed by atoms with Gasteiger partial charge in [-0.3, -0.25) is 4.79 Å². The molecule has 1 amide bonds. The second-order valence-electron chi connectivity index (χ2n) is 5.53. The zero-order chi connectivity index (χ0) is 17.5. The fourth-order valence-electron chi connectivity index (χ4n) is 2.46. The summed E-state index contributed by atoms with van der Waals surface area (Å²) in [6, 6.07) is 11.3. The van der Waals surface area contributed by atoms with E-state index in [1.54, 1.807) is 25.4 Å². The van der Waals surface area contributed by atoms with Crippen LogP contribution >= 0.6 is 0 Å². The van der Waals surface area contributed by atoms with Crippen LogP contribution in [0.4, 0.5) is 0 Å². The molecule has 0 aliphatic rings. The van der Waals surface area contributed by atoms with Gasteiger partial charge in [0.25, 0.3) is 5.91 Å². The SMILES string of the molecule is COc1cccc(C(CNC(=O)c2cccnc2OC)N(C)C)c1. The highest BCUT2D eigenvalue weighted by molar-refractivity contribution is 5.96. The molecule has 1 heterocycles. The first-order valence-corrected chi connectivity index (χ1v) is 7.64. The molecule has 0 aliphatic carbocycles. The minimum atomic E-state index is -0.213. The molecule has 1 aromatic carbocycles. The van der Waals surface area contributed by atoms with Gasteiger partial charge in [0, 0.05) is 12.7 Å². The number of ether oxygens (including phenoxy) is 2. The minimum Gasteiger partial charge on any atom is -0.497 e. The van der Waals surface area contributed by atoms with Crippen LogP contribution in [0.25, 0.3) is 0 Å². The maximum Gasteiger partial charge on any atom is 0.256 e. The maximum atomic E-state index is 12.4. The number of benzene rings is 1. The highest BCUT2D eigenvalue weighted by Crippen LogP contribution is 2.22. The molecule has 0 aliphatic heterocycles. The maximum absolute atomic E-state index is 12.4. The van der Waals surface area contributed by atoms with Crippen molar-refractivity contribution in [1.29, 1.82) is 0 Å². The normalized spacial score (nSPS) is 11.9. The first-order valence-electron chi connectivity index (χ1n) is 7.64. The third kappa shape index (κ3) is 4.23. The fraction of sp³-hybridized carbons (Fsp3) is 0.333. The molecule has 1 N–H and O–H groups in total. The van der Waals surface area contributed by atoms with Gasteiger partial charge in [0.1, 0.15) is 11.3 Å². The van der Waals surface area contributed by atoms with Crippen molar-refractivity contribution >= 4 is 5.91 Å². The van der Waals surface area contributed by atoms with Gasteiger partial charge >= 0.3 is 0 Å². The number of nitrogens with zero attached hydrogens (tertiary/aromatic N) is 2. The van der Waals surface area contributed by atoms with Gasteiger partial charge in [0.2, 0.25) is 5.88 Å². The summed E-state index contributed by atoms with van der Waals surface area (Å²) >= 11 is 0. The van der Waals surface area contributed by atoms with E-state index in [1.165, 1.54) is 7.11 Å². The number of rotatable bonds is 7. The van der Waals surface area contributed by atoms with Crippen molar-refractivity contribution < 1.29 is 14.3 Å². The van der Waals surface area contributed by atoms with E-state index in [2.05, 4.69) is 15.2 Å². The Morgan fingerprint density at radius 3 is 2.67 bits per heavy atom. The van der Waals surface area contributed by atoms with E-state index in [0.29, 0.717) is 18.0 Å². The molecule has 1 atom stereocenters. The van der Waals surface area contributed by atoms with Crippen molar-refractivity contribution in [2.24, 2.45) is 0 Å². The number of hydrogen-bond donors (Lipinski definition) is 1. The van der Waals surface area contributed by atoms with Crippen LogP contribution in [0.1, 0.15) is 22.0 Å². The lowest BCUT2D eigenvalue weighted by molar-refractivity contribution is 0.0938. The highest BCUT2D eigenvalue weighted by Gasteiger charge is 2.18. The lowest BCUT2D eigenvalue weighted by atomic mass is 10.1. The first kappa shape index (κ1) is 17.7. The van der Waals surface area contributed by atoms with E-state index in [1.807, 2.05) is 38.4 Å². The highest BCUT2D eigenvalue weighted by atomic mass is 16.5. The Morgan fingerprint density at radius 1 is 1.21 bits per heavy atom. The summed E-state index contributed by atoms with van der Waals surface area (Å²) in [6.45, 7) is 0.455. The van der Waals surface area contributed by atoms with Crippen molar-refractivity contribution in [3.05, 3.63) is 53.7 Å². The Balaban J connectivity index is 2.12. The van der Waals surface area contributed by atoms with Gasteiger partial charge in [-0.25, -0.2) is 4.98 Å². The zero-order valence-corrected chi connectivity index (χ0v) is 14.4. The third-order valence-electron chi connectivity index (χ3n) is 3.77. The Labute approximate surface area is 142 Å². The zero-order valence-electron chi connectivity index (χ0n) is 14.4. The minimum absolute atomic E-state index is 0.0201. The molecule has 0 radical (unpaired) electrons. The third-order valence-corrected chi connectivity index (χ3v) is 3.77. The second kappa shape index (κ2) is 8.31. The lowest BCUT2D eigenvalue weighted by Crippen LogP contribution is -2.34. The Hall–Kier alpha value is -2.60. The number of hydrogen-bond acceptors (Lipinski definition) is 5. The van der Waals surface area contributed by atoms with E-state index < -0.39 is 0 Å². The molecule has 1 aromatic heterocycles. The van der Waals surface area contributed by atoms with Crippen molar-refractivity contribution in [3.8, 4) is 11.6 Å². The summed E-state index contributed by atoms with van der Waals surface area (Å²) in [5.74, 6) is 0.895. The van der Waals surface area contributed by atoms with Gasteiger partial charge in [-0.2, -0.15) is 0 Å². The average molecular weight is 329 g/mol. The molecular formula is C18H23N3O3. The van der Waals surface area contributed by atoms with Crippen LogP contribution in [0, 0.1) is 0 Å². The van der Waals surface area contributed by atoms with Gasteiger partial charge in [-0.15, -0.1) is 0 Å². The van der Waals surface area contributed by atoms with Crippen LogP contribution in [0.15, 0.2) is 42.6 Å². The van der Waals surface area contributed by atoms with Gasteiger partial charge in [0.05, 0.1) is 20.3 Å². The molecule has 0 spiro atoms. The first-order chi connectivity index (χ1) is 11.6. The summed E-state index contributed by atoms with van der Waals surface area (Å²) < 4.78 is 10.4. The number of likely N-dealkylation sites (N-methyl/N-ethyl adjacent to an activating group) is 1. The van der Waals surface area contributed by atoms with Crippen molar-refractivity contribution in [2.75, 3.05) is 34.9 Å². The Kier molecular flexibility index (Phi) is 6.14. The van der Waals surface area contributed by atoms with E-state index in [4.69, 9.17) is 9.47 Å². The monoisotopic (exact) mass is 329 g/mol. The topological polar surface area (TPSA) is 63.7 Å². The number of carbonyl (C=O) groups excluding carboxylic acids is 1. The summed E-state index contributed by atoms with van der Waals surface area (Å²) in [4.78, 5) is 18.5. The molecule has 24 heavy (non-hydrogen) atoms. The van der Waals surface area contributed by atoms with Crippen LogP contribution in [-0.2, 0) is 0 Å². The van der Waals surface area contributed by atoms with Gasteiger partial charge in [0.15, 0.2) is 0 Å². The molecule has 2 rings (SSSR count). The lowest BCUT2D eigenvalue weighted by Gasteiger charge is -2.25. The van der Waals surface area contributed by atoms with E-state index in [9.17, 15) is 4.79 Å². The molecular weight excluding hydrogens is 306 g/mol. The van der Waals surface area contributed by atoms with Crippen LogP contribution in [0.3, 0.4) is 0 Å². The number of nitrogens with one attached hydrogen (secondary N) is 1. The van der Waals surface area contributed by atoms with E-state index in [0.717, 1.165) is 11.3 Å². The predicted molar refractivity (Wildman–Crippen MR) is 92.5 cm³/mol. The van der Waals surface area contributed by atoms with Crippen LogP contribution in [0.5, 0.6) is 11.6 Å². The van der Waals surface area contributed by atoms with Crippen molar-refractivity contribution in [3.63, 3.8) is 0 Å². The summed E-state index contributed by atoms with van der Waals surface area (Å²) in [5.41, 5.74) is 1.49. The fourth-order valence-corrected chi connectivity index (χ4v) is 2.46. The largest absolute Gasteiger partial charge is 0.497 e. The Bertz CT molecular complexity index is 689. The number of methoxy groups -OCH3 is 2. The van der Waals surface area contributed by atoms with Gasteiger partial charge < -0.3 is 19.7 Å². The second-order valence-corrected chi connectivity index (χ2v) is 5.53. The predicted octanol–water partition coefficient (Wildman–Crippen LogP) is 2.13. The summed E-state index contributed by atoms with van der Waals surface area (Å²) in [7, 11) is 7.08. The van der Waals surface area contributed by atoms with E-state index >= 15 is 0 Å². The smallest absolute Gasteiger partial charge is 0.256 e. The standard InChI is InChI=1S/C18H23N3O3/c1-21(2)16(13-7-5-8-14(11-13)23-3)12-20-17(22)15-9-6-10-19-18(15)24-4/h5-11,16H,12H2,1-4H3,(H,20,22). The quantitative estimate of drug-likeness (QED) is 0.843. The number of carbonyl (C=O) groups is 1. The van der Waals surface area contributed by atoms with Crippen LogP contribution < -0.4 is 14.8 Å². The molecule has 0 saturated carbocycles. The number of amides is 1. The average Bonchev–Trinajstić information content (AvgIpc) is 2.61. The molecule has 0 fully saturated rings. The van der Waals surface area contributed by atoms with Crippen LogP contribution in [0.2, 0.25) is 0 Å². The molecule has 0 bridgehead atoms. The Morgan fingerprint density at radius 2 is 2.00 bits per heavy atom. The molecule has 0 saturated heterocycles. The molecule has 6 heteroatoms. The molecule has 2 aromatic rings. The van der Waals surface area contributed by atoms with Crippen molar-refractivity contribution in [2.45, 2.75) is 6.04 Å². The summed E-state index contributed by atoms with van der Waals surface area (Å²) in [6.07, 6.45) is 1.59. The number of pyridine rings is 1. The molecule has 1 unspecified atom stereocenters. The van der Waals surface area contributed by atoms with Gasteiger partial charge in [-0.1, -0.05) is 12.1 Å². The molecule has 6 nitrogen and oxygen atoms in total.